The first kappa shape index (κ1) is 15.2. The van der Waals surface area contributed by atoms with Crippen LogP contribution < -0.4 is 5.32 Å². The van der Waals surface area contributed by atoms with Gasteiger partial charge in [0.25, 0.3) is 0 Å². The molecule has 0 amide bonds. The van der Waals surface area contributed by atoms with Gasteiger partial charge in [0.15, 0.2) is 0 Å². The molecule has 1 unspecified atom stereocenters. The second-order valence-electron chi connectivity index (χ2n) is 5.58. The fourth-order valence-corrected chi connectivity index (χ4v) is 4.32. The zero-order valence-electron chi connectivity index (χ0n) is 12.3. The number of fused-ring (bicyclic) bond motifs is 1. The fourth-order valence-electron chi connectivity index (χ4n) is 3.01. The summed E-state index contributed by atoms with van der Waals surface area (Å²) in [5.41, 5.74) is 2.90. The molecule has 0 saturated carbocycles. The van der Waals surface area contributed by atoms with E-state index >= 15 is 0 Å². The van der Waals surface area contributed by atoms with Crippen molar-refractivity contribution in [1.82, 2.24) is 10.2 Å². The lowest BCUT2D eigenvalue weighted by atomic mass is 10.0. The van der Waals surface area contributed by atoms with Gasteiger partial charge >= 0.3 is 0 Å². The molecule has 112 valence electrons. The Kier molecular flexibility index (Phi) is 5.11. The Morgan fingerprint density at radius 2 is 2.29 bits per heavy atom. The number of hydrogen-bond acceptors (Lipinski definition) is 3. The maximum Gasteiger partial charge on any atom is 0.0330 e. The van der Waals surface area contributed by atoms with Crippen molar-refractivity contribution in [1.29, 1.82) is 0 Å². The third kappa shape index (κ3) is 3.75. The first-order valence-electron chi connectivity index (χ1n) is 7.46. The average Bonchev–Trinajstić information content (AvgIpc) is 2.95. The molecule has 4 heteroatoms. The van der Waals surface area contributed by atoms with Crippen molar-refractivity contribution in [3.05, 3.63) is 56.2 Å². The Hall–Kier alpha value is -0.680. The zero-order chi connectivity index (χ0) is 14.7. The SMILES string of the molecule is CNC(CCN1CCc2sccc2C1)c1cccc(Br)c1. The van der Waals surface area contributed by atoms with Crippen LogP contribution in [-0.2, 0) is 13.0 Å². The Morgan fingerprint density at radius 1 is 1.38 bits per heavy atom. The highest BCUT2D eigenvalue weighted by molar-refractivity contribution is 9.10. The summed E-state index contributed by atoms with van der Waals surface area (Å²) in [7, 11) is 2.05. The molecule has 0 radical (unpaired) electrons. The van der Waals surface area contributed by atoms with E-state index in [4.69, 9.17) is 0 Å². The van der Waals surface area contributed by atoms with E-state index in [1.807, 2.05) is 11.3 Å². The van der Waals surface area contributed by atoms with Gasteiger partial charge in [-0.2, -0.15) is 0 Å². The van der Waals surface area contributed by atoms with Gasteiger partial charge in [0.05, 0.1) is 0 Å². The van der Waals surface area contributed by atoms with Gasteiger partial charge in [-0.3, -0.25) is 4.90 Å². The number of rotatable bonds is 5. The highest BCUT2D eigenvalue weighted by Gasteiger charge is 2.18. The summed E-state index contributed by atoms with van der Waals surface area (Å²) in [4.78, 5) is 4.17. The molecule has 1 aliphatic rings. The van der Waals surface area contributed by atoms with E-state index in [0.29, 0.717) is 6.04 Å². The van der Waals surface area contributed by atoms with Crippen molar-refractivity contribution >= 4 is 27.3 Å². The van der Waals surface area contributed by atoms with Gasteiger partial charge in [0, 0.05) is 35.0 Å². The Bertz CT molecular complexity index is 596. The summed E-state index contributed by atoms with van der Waals surface area (Å²) in [5, 5.41) is 5.68. The van der Waals surface area contributed by atoms with E-state index in [2.05, 4.69) is 68.9 Å². The van der Waals surface area contributed by atoms with Gasteiger partial charge in [-0.1, -0.05) is 28.1 Å². The van der Waals surface area contributed by atoms with Crippen LogP contribution in [0.1, 0.15) is 28.5 Å². The molecule has 0 saturated heterocycles. The Labute approximate surface area is 139 Å². The van der Waals surface area contributed by atoms with Crippen LogP contribution in [0.3, 0.4) is 0 Å². The summed E-state index contributed by atoms with van der Waals surface area (Å²) in [5.74, 6) is 0. The molecule has 21 heavy (non-hydrogen) atoms. The molecule has 0 fully saturated rings. The first-order valence-corrected chi connectivity index (χ1v) is 9.14. The van der Waals surface area contributed by atoms with Crippen LogP contribution in [0.25, 0.3) is 0 Å². The molecule has 1 atom stereocenters. The van der Waals surface area contributed by atoms with Crippen molar-refractivity contribution in [3.8, 4) is 0 Å². The molecule has 1 N–H and O–H groups in total. The molecule has 1 aromatic heterocycles. The predicted octanol–water partition coefficient (Wildman–Crippen LogP) is 4.22. The third-order valence-corrected chi connectivity index (χ3v) is 5.74. The van der Waals surface area contributed by atoms with Crippen LogP contribution in [0.5, 0.6) is 0 Å². The largest absolute Gasteiger partial charge is 0.313 e. The summed E-state index contributed by atoms with van der Waals surface area (Å²) in [6, 6.07) is 11.3. The maximum absolute atomic E-state index is 3.56. The molecule has 2 aromatic rings. The molecular formula is C17H21BrN2S. The van der Waals surface area contributed by atoms with Gasteiger partial charge in [-0.05, 0) is 54.6 Å². The molecule has 2 nitrogen and oxygen atoms in total. The summed E-state index contributed by atoms with van der Waals surface area (Å²) in [6.45, 7) is 3.46. The quantitative estimate of drug-likeness (QED) is 0.854. The van der Waals surface area contributed by atoms with Gasteiger partial charge in [-0.15, -0.1) is 11.3 Å². The van der Waals surface area contributed by atoms with Crippen LogP contribution >= 0.6 is 27.3 Å². The molecule has 0 bridgehead atoms. The van der Waals surface area contributed by atoms with Crippen molar-refractivity contribution in [3.63, 3.8) is 0 Å². The standard InChI is InChI=1S/C17H21BrN2S/c1-19-16(13-3-2-4-15(18)11-13)5-8-20-9-6-17-14(12-20)7-10-21-17/h2-4,7,10-11,16,19H,5-6,8-9,12H2,1H3. The van der Waals surface area contributed by atoms with E-state index in [9.17, 15) is 0 Å². The number of hydrogen-bond donors (Lipinski definition) is 1. The lowest BCUT2D eigenvalue weighted by molar-refractivity contribution is 0.242. The minimum absolute atomic E-state index is 0.423. The second-order valence-corrected chi connectivity index (χ2v) is 7.50. The van der Waals surface area contributed by atoms with Crippen molar-refractivity contribution < 1.29 is 0 Å². The summed E-state index contributed by atoms with van der Waals surface area (Å²) >= 11 is 5.47. The summed E-state index contributed by atoms with van der Waals surface area (Å²) < 4.78 is 1.15. The molecule has 0 aliphatic carbocycles. The molecule has 1 aromatic carbocycles. The number of nitrogens with one attached hydrogen (secondary N) is 1. The Balaban J connectivity index is 1.59. The number of thiophene rings is 1. The van der Waals surface area contributed by atoms with E-state index in [0.717, 1.165) is 24.0 Å². The fraction of sp³-hybridized carbons (Fsp3) is 0.412. The molecule has 0 spiro atoms. The van der Waals surface area contributed by atoms with Crippen LogP contribution in [0, 0.1) is 0 Å². The highest BCUT2D eigenvalue weighted by atomic mass is 79.9. The summed E-state index contributed by atoms with van der Waals surface area (Å²) in [6.07, 6.45) is 2.36. The van der Waals surface area contributed by atoms with Crippen LogP contribution in [-0.4, -0.2) is 25.0 Å². The van der Waals surface area contributed by atoms with Crippen molar-refractivity contribution in [2.75, 3.05) is 20.1 Å². The van der Waals surface area contributed by atoms with Gasteiger partial charge in [0.2, 0.25) is 0 Å². The number of benzene rings is 1. The minimum Gasteiger partial charge on any atom is -0.313 e. The third-order valence-electron chi connectivity index (χ3n) is 4.22. The second kappa shape index (κ2) is 7.05. The minimum atomic E-state index is 0.423. The van der Waals surface area contributed by atoms with Crippen LogP contribution in [0.15, 0.2) is 40.2 Å². The van der Waals surface area contributed by atoms with Crippen LogP contribution in [0.2, 0.25) is 0 Å². The smallest absolute Gasteiger partial charge is 0.0330 e. The lowest BCUT2D eigenvalue weighted by Gasteiger charge is -2.28. The van der Waals surface area contributed by atoms with E-state index < -0.39 is 0 Å². The van der Waals surface area contributed by atoms with Gasteiger partial charge < -0.3 is 5.32 Å². The first-order chi connectivity index (χ1) is 10.3. The molecular weight excluding hydrogens is 344 g/mol. The van der Waals surface area contributed by atoms with E-state index in [1.165, 1.54) is 24.1 Å². The van der Waals surface area contributed by atoms with Crippen molar-refractivity contribution in [2.24, 2.45) is 0 Å². The van der Waals surface area contributed by atoms with E-state index in [1.54, 1.807) is 4.88 Å². The van der Waals surface area contributed by atoms with E-state index in [-0.39, 0.29) is 0 Å². The predicted molar refractivity (Wildman–Crippen MR) is 93.9 cm³/mol. The zero-order valence-corrected chi connectivity index (χ0v) is 14.7. The van der Waals surface area contributed by atoms with Gasteiger partial charge in [0.1, 0.15) is 0 Å². The number of nitrogens with zero attached hydrogens (tertiary/aromatic N) is 1. The average molecular weight is 365 g/mol. The topological polar surface area (TPSA) is 15.3 Å². The molecule has 1 aliphatic heterocycles. The van der Waals surface area contributed by atoms with Crippen LogP contribution in [0.4, 0.5) is 0 Å². The van der Waals surface area contributed by atoms with Gasteiger partial charge in [-0.25, -0.2) is 0 Å². The maximum atomic E-state index is 3.56. The monoisotopic (exact) mass is 364 g/mol. The number of halogens is 1. The molecule has 3 rings (SSSR count). The lowest BCUT2D eigenvalue weighted by Crippen LogP contribution is -2.32. The highest BCUT2D eigenvalue weighted by Crippen LogP contribution is 2.26. The normalized spacial score (nSPS) is 16.7. The Morgan fingerprint density at radius 3 is 3.10 bits per heavy atom. The molecule has 2 heterocycles. The van der Waals surface area contributed by atoms with Crippen molar-refractivity contribution in [2.45, 2.75) is 25.4 Å².